The molecule has 58 heavy (non-hydrogen) atoms. The molecule has 0 bridgehead atoms. The van der Waals surface area contributed by atoms with E-state index in [0.29, 0.717) is 23.7 Å². The summed E-state index contributed by atoms with van der Waals surface area (Å²) in [5.74, 6) is 4.81. The van der Waals surface area contributed by atoms with Crippen molar-refractivity contribution in [2.75, 3.05) is 0 Å². The van der Waals surface area contributed by atoms with Crippen molar-refractivity contribution in [3.63, 3.8) is 0 Å². The average Bonchev–Trinajstić information content (AvgIpc) is 3.25. The van der Waals surface area contributed by atoms with Gasteiger partial charge in [-0.3, -0.25) is 0 Å². The van der Waals surface area contributed by atoms with Gasteiger partial charge in [0, 0.05) is 0 Å². The molecule has 0 radical (unpaired) electrons. The van der Waals surface area contributed by atoms with Crippen molar-refractivity contribution < 1.29 is 13.6 Å². The molecule has 0 saturated heterocycles. The largest absolute Gasteiger partial charge is 0.530 e. The molecule has 6 rings (SSSR count). The minimum absolute atomic E-state index is 0.283. The molecule has 6 aromatic carbocycles. The van der Waals surface area contributed by atoms with E-state index in [2.05, 4.69) is 168 Å². The average molecular weight is 797 g/mol. The third-order valence-electron chi connectivity index (χ3n) is 13.5. The molecule has 0 aliphatic heterocycles. The molecule has 4 heteroatoms. The van der Waals surface area contributed by atoms with E-state index >= 15 is 0 Å². The molecule has 0 aromatic heterocycles. The van der Waals surface area contributed by atoms with Crippen LogP contribution in [0.3, 0.4) is 0 Å². The highest BCUT2D eigenvalue weighted by atomic mass is 31.2. The van der Waals surface area contributed by atoms with E-state index < -0.39 is 8.60 Å². The van der Waals surface area contributed by atoms with Gasteiger partial charge in [-0.1, -0.05) is 138 Å². The van der Waals surface area contributed by atoms with E-state index in [4.69, 9.17) is 13.6 Å². The van der Waals surface area contributed by atoms with Crippen LogP contribution in [-0.2, 0) is 0 Å². The normalized spacial score (nSPS) is 15.5. The summed E-state index contributed by atoms with van der Waals surface area (Å²) in [5, 5.41) is 7.39. The molecule has 308 valence electrons. The molecule has 0 aliphatic rings. The zero-order valence-corrected chi connectivity index (χ0v) is 38.4. The summed E-state index contributed by atoms with van der Waals surface area (Å²) >= 11 is 0. The van der Waals surface area contributed by atoms with Gasteiger partial charge in [-0.2, -0.15) is 0 Å². The van der Waals surface area contributed by atoms with Crippen LogP contribution in [0.4, 0.5) is 0 Å². The van der Waals surface area contributed by atoms with Crippen molar-refractivity contribution in [2.45, 2.75) is 157 Å². The predicted octanol–water partition coefficient (Wildman–Crippen LogP) is 18.0. The highest BCUT2D eigenvalue weighted by Gasteiger charge is 2.28. The lowest BCUT2D eigenvalue weighted by molar-refractivity contribution is 0.383. The molecule has 0 aliphatic carbocycles. The van der Waals surface area contributed by atoms with Crippen LogP contribution in [-0.4, -0.2) is 0 Å². The Balaban J connectivity index is 1.55. The van der Waals surface area contributed by atoms with E-state index in [1.165, 1.54) is 60.3 Å². The number of fused-ring (bicyclic) bond motifs is 3. The highest BCUT2D eigenvalue weighted by Crippen LogP contribution is 2.50. The van der Waals surface area contributed by atoms with Gasteiger partial charge in [0.15, 0.2) is 0 Å². The Kier molecular flexibility index (Phi) is 14.5. The fourth-order valence-electron chi connectivity index (χ4n) is 8.11. The monoisotopic (exact) mass is 796 g/mol. The molecule has 0 N–H and O–H groups in total. The smallest absolute Gasteiger partial charge is 0.408 e. The van der Waals surface area contributed by atoms with Crippen LogP contribution in [0.25, 0.3) is 32.3 Å². The maximum atomic E-state index is 7.23. The highest BCUT2D eigenvalue weighted by molar-refractivity contribution is 7.43. The van der Waals surface area contributed by atoms with Gasteiger partial charge in [-0.05, 0) is 176 Å². The van der Waals surface area contributed by atoms with Gasteiger partial charge in [-0.25, -0.2) is 0 Å². The van der Waals surface area contributed by atoms with Gasteiger partial charge < -0.3 is 13.6 Å². The molecule has 0 amide bonds. The Hall–Kier alpha value is -4.07. The minimum atomic E-state index is -1.94. The Labute approximate surface area is 351 Å². The molecule has 6 unspecified atom stereocenters. The van der Waals surface area contributed by atoms with Crippen LogP contribution >= 0.6 is 8.60 Å². The lowest BCUT2D eigenvalue weighted by Crippen LogP contribution is -2.08. The summed E-state index contributed by atoms with van der Waals surface area (Å²) in [5.41, 5.74) is 8.00. The molecular weight excluding hydrogens is 728 g/mol. The predicted molar refractivity (Wildman–Crippen MR) is 253 cm³/mol. The Morgan fingerprint density at radius 2 is 0.793 bits per heavy atom. The molecule has 3 nitrogen and oxygen atoms in total. The van der Waals surface area contributed by atoms with E-state index in [0.717, 1.165) is 61.2 Å². The van der Waals surface area contributed by atoms with Gasteiger partial charge in [0.1, 0.15) is 17.2 Å². The number of benzene rings is 6. The number of rotatable bonds is 18. The molecule has 6 aromatic rings. The van der Waals surface area contributed by atoms with E-state index in [1.807, 2.05) is 6.07 Å². The Morgan fingerprint density at radius 3 is 1.22 bits per heavy atom. The first kappa shape index (κ1) is 43.5. The van der Waals surface area contributed by atoms with Crippen LogP contribution in [0.15, 0.2) is 91.0 Å². The van der Waals surface area contributed by atoms with Crippen LogP contribution in [0.2, 0.25) is 0 Å². The second kappa shape index (κ2) is 19.3. The van der Waals surface area contributed by atoms with E-state index in [9.17, 15) is 0 Å². The fraction of sp³-hybridized carbons (Fsp3) is 0.444. The summed E-state index contributed by atoms with van der Waals surface area (Å²) in [6.45, 7) is 27.7. The zero-order valence-electron chi connectivity index (χ0n) is 37.5. The van der Waals surface area contributed by atoms with Gasteiger partial charge in [0.2, 0.25) is 0 Å². The maximum absolute atomic E-state index is 7.23. The summed E-state index contributed by atoms with van der Waals surface area (Å²) in [4.78, 5) is 0. The molecule has 6 atom stereocenters. The first-order chi connectivity index (χ1) is 27.9. The number of hydrogen-bond acceptors (Lipinski definition) is 3. The summed E-state index contributed by atoms with van der Waals surface area (Å²) < 4.78 is 21.4. The molecular formula is C54H69O3P. The number of hydrogen-bond donors (Lipinski definition) is 0. The molecule has 0 saturated carbocycles. The second-order valence-electron chi connectivity index (χ2n) is 17.3. The van der Waals surface area contributed by atoms with Crippen LogP contribution in [0.1, 0.15) is 190 Å². The van der Waals surface area contributed by atoms with Crippen LogP contribution in [0, 0.1) is 0 Å². The summed E-state index contributed by atoms with van der Waals surface area (Å²) in [6, 6.07) is 33.9. The Bertz CT molecular complexity index is 2200. The first-order valence-corrected chi connectivity index (χ1v) is 23.6. The minimum Gasteiger partial charge on any atom is -0.408 e. The van der Waals surface area contributed by atoms with Crippen molar-refractivity contribution in [3.05, 3.63) is 124 Å². The third kappa shape index (κ3) is 9.37. The lowest BCUT2D eigenvalue weighted by Gasteiger charge is -2.26. The summed E-state index contributed by atoms with van der Waals surface area (Å²) in [6.07, 6.45) is 6.36. The second-order valence-corrected chi connectivity index (χ2v) is 18.3. The molecule has 0 spiro atoms. The standard InChI is InChI=1S/C54H69O3P/c1-13-34(7)42-25-44-30-49(38(11)17-5)53(32-51(44)47(28-42)36(9)15-3)56-58(55-46-24-23-40-21-19-20-22-41(40)27-46)57-54-33-52-45(31-50(54)39(12)18-6)26-43(35(8)14-2)29-48(52)37(10)16-4/h19-39H,13-18H2,1-12H3. The molecule has 0 fully saturated rings. The first-order valence-electron chi connectivity index (χ1n) is 22.5. The van der Waals surface area contributed by atoms with Gasteiger partial charge in [0.25, 0.3) is 0 Å². The van der Waals surface area contributed by atoms with Crippen molar-refractivity contribution in [1.29, 1.82) is 0 Å². The Morgan fingerprint density at radius 1 is 0.379 bits per heavy atom. The van der Waals surface area contributed by atoms with E-state index in [1.54, 1.807) is 0 Å². The van der Waals surface area contributed by atoms with E-state index in [-0.39, 0.29) is 11.8 Å². The molecule has 0 heterocycles. The van der Waals surface area contributed by atoms with Crippen molar-refractivity contribution in [3.8, 4) is 17.2 Å². The fourth-order valence-corrected chi connectivity index (χ4v) is 9.15. The van der Waals surface area contributed by atoms with Crippen LogP contribution < -0.4 is 13.6 Å². The van der Waals surface area contributed by atoms with Gasteiger partial charge in [0.05, 0.1) is 0 Å². The maximum Gasteiger partial charge on any atom is 0.530 e. The zero-order chi connectivity index (χ0) is 41.7. The third-order valence-corrected chi connectivity index (χ3v) is 14.5. The van der Waals surface area contributed by atoms with Crippen molar-refractivity contribution >= 4 is 40.9 Å². The van der Waals surface area contributed by atoms with Crippen molar-refractivity contribution in [2.24, 2.45) is 0 Å². The quantitative estimate of drug-likeness (QED) is 0.0811. The van der Waals surface area contributed by atoms with Crippen LogP contribution in [0.5, 0.6) is 17.2 Å². The SMILES string of the molecule is CCC(C)c1cc(C(C)CC)c2cc(OP(Oc3ccc4ccccc4c3)Oc3cc4c(C(C)CC)cc(C(C)CC)cc4cc3C(C)CC)c(C(C)CC)cc2c1. The topological polar surface area (TPSA) is 27.7 Å². The van der Waals surface area contributed by atoms with Gasteiger partial charge in [-0.15, -0.1) is 0 Å². The lowest BCUT2D eigenvalue weighted by atomic mass is 9.85. The summed E-state index contributed by atoms with van der Waals surface area (Å²) in [7, 11) is -1.94. The van der Waals surface area contributed by atoms with Crippen molar-refractivity contribution in [1.82, 2.24) is 0 Å². The van der Waals surface area contributed by atoms with Gasteiger partial charge >= 0.3 is 8.60 Å².